The van der Waals surface area contributed by atoms with Crippen LogP contribution in [-0.4, -0.2) is 15.0 Å². The zero-order valence-corrected chi connectivity index (χ0v) is 11.9. The molecule has 96 valence electrons. The van der Waals surface area contributed by atoms with Crippen LogP contribution in [0.5, 0.6) is 0 Å². The van der Waals surface area contributed by atoms with Crippen LogP contribution < -0.4 is 5.73 Å². The summed E-state index contributed by atoms with van der Waals surface area (Å²) in [6.07, 6.45) is 1.98. The first kappa shape index (κ1) is 13.2. The first-order valence-corrected chi connectivity index (χ1v) is 6.98. The van der Waals surface area contributed by atoms with E-state index in [0.717, 1.165) is 16.8 Å². The van der Waals surface area contributed by atoms with Gasteiger partial charge in [0.1, 0.15) is 0 Å². The lowest BCUT2D eigenvalue weighted by atomic mass is 10.1. The lowest BCUT2D eigenvalue weighted by Gasteiger charge is -2.06. The Bertz CT molecular complexity index is 514. The van der Waals surface area contributed by atoms with Crippen molar-refractivity contribution < 1.29 is 0 Å². The number of aromatic nitrogens is 2. The molecule has 1 aromatic carbocycles. The molecule has 0 radical (unpaired) electrons. The Kier molecular flexibility index (Phi) is 4.09. The van der Waals surface area contributed by atoms with Gasteiger partial charge in [-0.15, -0.1) is 11.8 Å². The summed E-state index contributed by atoms with van der Waals surface area (Å²) in [4.78, 5) is 1.29. The van der Waals surface area contributed by atoms with Crippen LogP contribution in [-0.2, 0) is 13.6 Å². The molecule has 0 fully saturated rings. The highest BCUT2D eigenvalue weighted by Gasteiger charge is 2.08. The molecule has 0 aliphatic heterocycles. The minimum Gasteiger partial charge on any atom is -0.326 e. The van der Waals surface area contributed by atoms with E-state index >= 15 is 0 Å². The van der Waals surface area contributed by atoms with Gasteiger partial charge in [-0.1, -0.05) is 26.0 Å². The molecule has 0 aliphatic rings. The van der Waals surface area contributed by atoms with Crippen molar-refractivity contribution >= 4 is 11.8 Å². The molecule has 1 heterocycles. The molecule has 0 saturated heterocycles. The third kappa shape index (κ3) is 2.94. The molecule has 0 aliphatic carbocycles. The van der Waals surface area contributed by atoms with Gasteiger partial charge in [0.05, 0.1) is 5.69 Å². The molecule has 0 unspecified atom stereocenters. The predicted octanol–water partition coefficient (Wildman–Crippen LogP) is 3.05. The minimum absolute atomic E-state index is 0.520. The maximum atomic E-state index is 5.74. The minimum atomic E-state index is 0.520. The number of aryl methyl sites for hydroxylation is 1. The Morgan fingerprint density at radius 3 is 2.50 bits per heavy atom. The van der Waals surface area contributed by atoms with Gasteiger partial charge in [0, 0.05) is 41.1 Å². The molecule has 2 aromatic rings. The van der Waals surface area contributed by atoms with Crippen molar-refractivity contribution in [3.05, 3.63) is 36.0 Å². The average Bonchev–Trinajstić information content (AvgIpc) is 2.71. The van der Waals surface area contributed by atoms with E-state index < -0.39 is 0 Å². The Hall–Kier alpha value is -1.26. The SMILES string of the molecule is CC(C)Sc1ccc(-c2nn(C)cc2CN)cc1. The standard InChI is InChI=1S/C14H19N3S/c1-10(2)18-13-6-4-11(5-7-13)14-12(8-15)9-17(3)16-14/h4-7,9-10H,8,15H2,1-3H3. The van der Waals surface area contributed by atoms with Gasteiger partial charge in [-0.25, -0.2) is 0 Å². The zero-order valence-electron chi connectivity index (χ0n) is 11.1. The number of nitrogens with zero attached hydrogens (tertiary/aromatic N) is 2. The van der Waals surface area contributed by atoms with Crippen LogP contribution in [0.2, 0.25) is 0 Å². The first-order chi connectivity index (χ1) is 8.60. The van der Waals surface area contributed by atoms with Crippen LogP contribution in [0, 0.1) is 0 Å². The molecule has 0 bridgehead atoms. The molecular weight excluding hydrogens is 242 g/mol. The van der Waals surface area contributed by atoms with Gasteiger partial charge in [0.25, 0.3) is 0 Å². The Labute approximate surface area is 112 Å². The Morgan fingerprint density at radius 1 is 1.28 bits per heavy atom. The summed E-state index contributed by atoms with van der Waals surface area (Å²) >= 11 is 1.87. The van der Waals surface area contributed by atoms with Crippen molar-refractivity contribution in [3.8, 4) is 11.3 Å². The van der Waals surface area contributed by atoms with E-state index in [2.05, 4.69) is 43.2 Å². The number of rotatable bonds is 4. The summed E-state index contributed by atoms with van der Waals surface area (Å²) in [7, 11) is 1.92. The number of hydrogen-bond acceptors (Lipinski definition) is 3. The summed E-state index contributed by atoms with van der Waals surface area (Å²) in [5.41, 5.74) is 8.94. The third-order valence-electron chi connectivity index (χ3n) is 2.62. The number of thioether (sulfide) groups is 1. The van der Waals surface area contributed by atoms with E-state index in [4.69, 9.17) is 5.73 Å². The largest absolute Gasteiger partial charge is 0.326 e. The fourth-order valence-electron chi connectivity index (χ4n) is 1.89. The van der Waals surface area contributed by atoms with E-state index in [1.54, 1.807) is 0 Å². The monoisotopic (exact) mass is 261 g/mol. The molecule has 0 amide bonds. The summed E-state index contributed by atoms with van der Waals surface area (Å²) in [6, 6.07) is 8.53. The van der Waals surface area contributed by atoms with Crippen LogP contribution in [0.15, 0.2) is 35.4 Å². The second-order valence-corrected chi connectivity index (χ2v) is 6.22. The van der Waals surface area contributed by atoms with Crippen LogP contribution in [0.3, 0.4) is 0 Å². The summed E-state index contributed by atoms with van der Waals surface area (Å²) < 4.78 is 1.81. The fraction of sp³-hybridized carbons (Fsp3) is 0.357. The molecule has 4 heteroatoms. The fourth-order valence-corrected chi connectivity index (χ4v) is 2.73. The Morgan fingerprint density at radius 2 is 1.94 bits per heavy atom. The lowest BCUT2D eigenvalue weighted by Crippen LogP contribution is -1.96. The van der Waals surface area contributed by atoms with Crippen molar-refractivity contribution in [1.82, 2.24) is 9.78 Å². The summed E-state index contributed by atoms with van der Waals surface area (Å²) in [5.74, 6) is 0. The average molecular weight is 261 g/mol. The number of nitrogens with two attached hydrogens (primary N) is 1. The van der Waals surface area contributed by atoms with Crippen molar-refractivity contribution in [2.75, 3.05) is 0 Å². The highest BCUT2D eigenvalue weighted by atomic mass is 32.2. The molecule has 2 N–H and O–H groups in total. The van der Waals surface area contributed by atoms with Crippen molar-refractivity contribution in [2.45, 2.75) is 30.5 Å². The summed E-state index contributed by atoms with van der Waals surface area (Å²) in [5, 5.41) is 5.07. The molecule has 3 nitrogen and oxygen atoms in total. The van der Waals surface area contributed by atoms with Gasteiger partial charge in [-0.3, -0.25) is 4.68 Å². The maximum absolute atomic E-state index is 5.74. The zero-order chi connectivity index (χ0) is 13.1. The molecular formula is C14H19N3S. The highest BCUT2D eigenvalue weighted by Crippen LogP contribution is 2.27. The van der Waals surface area contributed by atoms with E-state index in [1.807, 2.05) is 29.7 Å². The molecule has 0 atom stereocenters. The highest BCUT2D eigenvalue weighted by molar-refractivity contribution is 7.99. The van der Waals surface area contributed by atoms with Gasteiger partial charge < -0.3 is 5.73 Å². The van der Waals surface area contributed by atoms with Crippen molar-refractivity contribution in [1.29, 1.82) is 0 Å². The third-order valence-corrected chi connectivity index (χ3v) is 3.64. The van der Waals surface area contributed by atoms with Crippen molar-refractivity contribution in [3.63, 3.8) is 0 Å². The second kappa shape index (κ2) is 5.59. The Balaban J connectivity index is 2.28. The topological polar surface area (TPSA) is 43.8 Å². The van der Waals surface area contributed by atoms with Gasteiger partial charge in [-0.05, 0) is 12.1 Å². The van der Waals surface area contributed by atoms with Crippen LogP contribution >= 0.6 is 11.8 Å². The van der Waals surface area contributed by atoms with E-state index in [0.29, 0.717) is 11.8 Å². The molecule has 2 rings (SSSR count). The molecule has 0 spiro atoms. The molecule has 0 saturated carbocycles. The van der Waals surface area contributed by atoms with E-state index in [9.17, 15) is 0 Å². The normalized spacial score (nSPS) is 11.2. The van der Waals surface area contributed by atoms with Gasteiger partial charge in [-0.2, -0.15) is 5.10 Å². The maximum Gasteiger partial charge on any atom is 0.0967 e. The van der Waals surface area contributed by atoms with Gasteiger partial charge >= 0.3 is 0 Å². The second-order valence-electron chi connectivity index (χ2n) is 4.57. The van der Waals surface area contributed by atoms with E-state index in [-0.39, 0.29) is 0 Å². The number of benzene rings is 1. The van der Waals surface area contributed by atoms with Gasteiger partial charge in [0.2, 0.25) is 0 Å². The first-order valence-electron chi connectivity index (χ1n) is 6.10. The molecule has 18 heavy (non-hydrogen) atoms. The van der Waals surface area contributed by atoms with Crippen LogP contribution in [0.25, 0.3) is 11.3 Å². The quantitative estimate of drug-likeness (QED) is 0.860. The van der Waals surface area contributed by atoms with E-state index in [1.165, 1.54) is 4.90 Å². The summed E-state index contributed by atoms with van der Waals surface area (Å²) in [6.45, 7) is 4.92. The molecule has 1 aromatic heterocycles. The lowest BCUT2D eigenvalue weighted by molar-refractivity contribution is 0.769. The smallest absolute Gasteiger partial charge is 0.0967 e. The van der Waals surface area contributed by atoms with Crippen molar-refractivity contribution in [2.24, 2.45) is 12.8 Å². The van der Waals surface area contributed by atoms with Crippen LogP contribution in [0.4, 0.5) is 0 Å². The number of hydrogen-bond donors (Lipinski definition) is 1. The van der Waals surface area contributed by atoms with Gasteiger partial charge in [0.15, 0.2) is 0 Å². The van der Waals surface area contributed by atoms with Crippen LogP contribution in [0.1, 0.15) is 19.4 Å². The predicted molar refractivity (Wildman–Crippen MR) is 77.5 cm³/mol.